The van der Waals surface area contributed by atoms with E-state index in [9.17, 15) is 34.8 Å². The number of likely N-dealkylation sites (N-methyl/N-ethyl adjacent to an activating group) is 1. The number of fused-ring (bicyclic) bond motifs is 3. The summed E-state index contributed by atoms with van der Waals surface area (Å²) in [5.41, 5.74) is 2.87. The molecule has 1 aromatic heterocycles. The topological polar surface area (TPSA) is 174 Å². The van der Waals surface area contributed by atoms with Crippen molar-refractivity contribution in [2.24, 2.45) is 17.6 Å². The number of rotatable bonds is 3. The molecule has 3 aliphatic carbocycles. The van der Waals surface area contributed by atoms with Crippen LogP contribution in [0.15, 0.2) is 46.4 Å². The third-order valence-electron chi connectivity index (χ3n) is 7.27. The number of benzene rings is 1. The monoisotopic (exact) mass is 497 g/mol. The van der Waals surface area contributed by atoms with E-state index in [-0.39, 0.29) is 29.7 Å². The van der Waals surface area contributed by atoms with Gasteiger partial charge in [0.1, 0.15) is 27.8 Å². The van der Waals surface area contributed by atoms with Gasteiger partial charge in [0.2, 0.25) is 5.78 Å². The molecule has 5 rings (SSSR count). The Morgan fingerprint density at radius 3 is 2.54 bits per heavy atom. The second-order valence-corrected chi connectivity index (χ2v) is 10.2. The molecule has 0 fully saturated rings. The van der Waals surface area contributed by atoms with E-state index >= 15 is 0 Å². The van der Waals surface area contributed by atoms with Gasteiger partial charge in [-0.05, 0) is 50.6 Å². The highest BCUT2D eigenvalue weighted by atomic mass is 32.1. The van der Waals surface area contributed by atoms with Crippen LogP contribution in [-0.4, -0.2) is 73.5 Å². The highest BCUT2D eigenvalue weighted by molar-refractivity contribution is 7.13. The fourth-order valence-corrected chi connectivity index (χ4v) is 6.50. The molecular weight excluding hydrogens is 474 g/mol. The summed E-state index contributed by atoms with van der Waals surface area (Å²) in [6.07, 6.45) is 1.89. The minimum atomic E-state index is -2.65. The first-order chi connectivity index (χ1) is 16.5. The molecule has 182 valence electrons. The number of nitrogens with zero attached hydrogens (tertiary/aromatic N) is 2. The Bertz CT molecular complexity index is 1360. The van der Waals surface area contributed by atoms with Crippen molar-refractivity contribution in [3.05, 3.63) is 57.5 Å². The number of aromatic nitrogens is 1. The zero-order valence-electron chi connectivity index (χ0n) is 18.8. The van der Waals surface area contributed by atoms with Crippen molar-refractivity contribution >= 4 is 28.8 Å². The predicted octanol–water partition coefficient (Wildman–Crippen LogP) is 1.24. The van der Waals surface area contributed by atoms with Crippen LogP contribution in [0.3, 0.4) is 0 Å². The van der Waals surface area contributed by atoms with Gasteiger partial charge in [0.05, 0.1) is 11.6 Å². The molecule has 0 saturated carbocycles. The lowest BCUT2D eigenvalue weighted by molar-refractivity contribution is -0.148. The van der Waals surface area contributed by atoms with Crippen LogP contribution in [0.25, 0.3) is 10.6 Å². The number of aromatic hydroxyl groups is 1. The molecule has 0 bridgehead atoms. The van der Waals surface area contributed by atoms with E-state index in [1.165, 1.54) is 22.3 Å². The molecule has 4 atom stereocenters. The molecule has 10 nitrogen and oxygen atoms in total. The number of nitrogens with two attached hydrogens (primary N) is 1. The maximum absolute atomic E-state index is 13.6. The third kappa shape index (κ3) is 3.01. The number of aliphatic hydroxyl groups excluding tert-OH is 2. The van der Waals surface area contributed by atoms with Crippen LogP contribution in [0, 0.1) is 11.8 Å². The van der Waals surface area contributed by atoms with Crippen LogP contribution in [0.1, 0.15) is 22.3 Å². The van der Waals surface area contributed by atoms with Gasteiger partial charge in [-0.15, -0.1) is 11.3 Å². The average Bonchev–Trinajstić information content (AvgIpc) is 3.30. The van der Waals surface area contributed by atoms with Gasteiger partial charge in [-0.1, -0.05) is 0 Å². The number of ketones is 2. The van der Waals surface area contributed by atoms with Crippen LogP contribution < -0.4 is 5.73 Å². The summed E-state index contributed by atoms with van der Waals surface area (Å²) < 4.78 is 0. The maximum atomic E-state index is 13.6. The highest BCUT2D eigenvalue weighted by Crippen LogP contribution is 2.53. The standard InChI is InChI=1S/C24H23N3O7S/c1-27(2)17-12-8-9-7-11-10(23-26-5-6-35-23)3-4-13(28)15(11)18(29)14(9)20(31)24(12,34)21(32)16(19(17)30)22(25)33/h3-6,9,12,17,28,30-31,34H,7-8H2,1-2H3,(H2,25,33)/t9-,12-,17-,24-/m0/s1. The Morgan fingerprint density at radius 2 is 1.94 bits per heavy atom. The minimum Gasteiger partial charge on any atom is -0.510 e. The predicted molar refractivity (Wildman–Crippen MR) is 125 cm³/mol. The number of phenols is 1. The molecule has 35 heavy (non-hydrogen) atoms. The zero-order valence-corrected chi connectivity index (χ0v) is 19.7. The first-order valence-corrected chi connectivity index (χ1v) is 11.8. The van der Waals surface area contributed by atoms with E-state index in [1.54, 1.807) is 31.7 Å². The number of thiazole rings is 1. The SMILES string of the molecule is CN(C)[C@@H]1C(O)=C(C(N)=O)C(=O)[C@@]2(O)C(O)=C3C(=O)c4c(O)ccc(-c5nccs5)c4C[C@H]3C[C@@H]12. The van der Waals surface area contributed by atoms with Crippen molar-refractivity contribution in [3.8, 4) is 16.3 Å². The molecule has 6 N–H and O–H groups in total. The largest absolute Gasteiger partial charge is 0.510 e. The fraction of sp³-hybridized carbons (Fsp3) is 0.333. The van der Waals surface area contributed by atoms with Crippen LogP contribution in [-0.2, 0) is 16.0 Å². The number of primary amides is 1. The molecule has 11 heteroatoms. The maximum Gasteiger partial charge on any atom is 0.255 e. The van der Waals surface area contributed by atoms with Gasteiger partial charge in [0.25, 0.3) is 5.91 Å². The smallest absolute Gasteiger partial charge is 0.255 e. The zero-order chi connectivity index (χ0) is 25.4. The second kappa shape index (κ2) is 7.74. The van der Waals surface area contributed by atoms with Crippen molar-refractivity contribution in [3.63, 3.8) is 0 Å². The van der Waals surface area contributed by atoms with Crippen molar-refractivity contribution in [1.29, 1.82) is 0 Å². The van der Waals surface area contributed by atoms with Crippen molar-refractivity contribution in [2.75, 3.05) is 14.1 Å². The number of phenolic OH excluding ortho intramolecular Hbond substituents is 1. The lowest BCUT2D eigenvalue weighted by Gasteiger charge is -2.50. The highest BCUT2D eigenvalue weighted by Gasteiger charge is 2.63. The molecule has 0 aliphatic heterocycles. The lowest BCUT2D eigenvalue weighted by atomic mass is 9.58. The van der Waals surface area contributed by atoms with Crippen LogP contribution in [0.5, 0.6) is 5.75 Å². The van der Waals surface area contributed by atoms with Gasteiger partial charge in [-0.2, -0.15) is 0 Å². The molecule has 3 aliphatic rings. The molecule has 0 radical (unpaired) electrons. The van der Waals surface area contributed by atoms with Gasteiger partial charge in [-0.25, -0.2) is 4.98 Å². The number of amides is 1. The number of hydrogen-bond donors (Lipinski definition) is 5. The summed E-state index contributed by atoms with van der Waals surface area (Å²) in [4.78, 5) is 44.8. The molecule has 2 aromatic rings. The second-order valence-electron chi connectivity index (χ2n) is 9.29. The van der Waals surface area contributed by atoms with E-state index in [0.717, 1.165) is 0 Å². The average molecular weight is 498 g/mol. The first-order valence-electron chi connectivity index (χ1n) is 10.9. The lowest BCUT2D eigenvalue weighted by Crippen LogP contribution is -2.63. The number of hydrogen-bond acceptors (Lipinski definition) is 10. The molecular formula is C24H23N3O7S. The number of carbonyl (C=O) groups is 3. The Hall–Kier alpha value is -3.54. The van der Waals surface area contributed by atoms with Gasteiger partial charge >= 0.3 is 0 Å². The third-order valence-corrected chi connectivity index (χ3v) is 8.08. The number of carbonyl (C=O) groups excluding carboxylic acids is 3. The number of Topliss-reactive ketones (excluding diaryl/α,β-unsaturated/α-hetero) is 2. The molecule has 1 aromatic carbocycles. The van der Waals surface area contributed by atoms with E-state index in [0.29, 0.717) is 16.1 Å². The summed E-state index contributed by atoms with van der Waals surface area (Å²) in [6.45, 7) is 0. The van der Waals surface area contributed by atoms with Crippen molar-refractivity contribution < 1.29 is 34.8 Å². The number of aliphatic hydroxyl groups is 3. The van der Waals surface area contributed by atoms with E-state index in [4.69, 9.17) is 5.73 Å². The Morgan fingerprint density at radius 1 is 1.23 bits per heavy atom. The Kier molecular flexibility index (Phi) is 5.13. The summed E-state index contributed by atoms with van der Waals surface area (Å²) in [7, 11) is 3.18. The Balaban J connectivity index is 1.74. The summed E-state index contributed by atoms with van der Waals surface area (Å²) in [5, 5.41) is 46.7. The van der Waals surface area contributed by atoms with Crippen LogP contribution >= 0.6 is 11.3 Å². The van der Waals surface area contributed by atoms with Gasteiger partial charge < -0.3 is 26.2 Å². The molecule has 0 spiro atoms. The Labute approximate surface area is 203 Å². The van der Waals surface area contributed by atoms with Crippen molar-refractivity contribution in [1.82, 2.24) is 9.88 Å². The quantitative estimate of drug-likeness (QED) is 0.391. The normalized spacial score (nSPS) is 28.2. The summed E-state index contributed by atoms with van der Waals surface area (Å²) in [6, 6.07) is 2.02. The summed E-state index contributed by atoms with van der Waals surface area (Å²) >= 11 is 1.37. The van der Waals surface area contributed by atoms with Crippen LogP contribution in [0.2, 0.25) is 0 Å². The van der Waals surface area contributed by atoms with E-state index in [1.807, 2.05) is 0 Å². The first kappa shape index (κ1) is 23.2. The van der Waals surface area contributed by atoms with Gasteiger partial charge in [0, 0.05) is 28.6 Å². The summed E-state index contributed by atoms with van der Waals surface area (Å²) in [5.74, 6) is -6.68. The molecule has 1 heterocycles. The van der Waals surface area contributed by atoms with Crippen LogP contribution in [0.4, 0.5) is 0 Å². The van der Waals surface area contributed by atoms with E-state index < -0.39 is 58.0 Å². The number of allylic oxidation sites excluding steroid dienone is 1. The van der Waals surface area contributed by atoms with Gasteiger partial charge in [0.15, 0.2) is 11.4 Å². The molecule has 0 saturated heterocycles. The minimum absolute atomic E-state index is 0.0292. The molecule has 0 unspecified atom stereocenters. The van der Waals surface area contributed by atoms with Gasteiger partial charge in [-0.3, -0.25) is 19.3 Å². The molecule has 1 amide bonds. The fourth-order valence-electron chi connectivity index (χ4n) is 5.81. The van der Waals surface area contributed by atoms with E-state index in [2.05, 4.69) is 4.98 Å². The van der Waals surface area contributed by atoms with Crippen molar-refractivity contribution in [2.45, 2.75) is 24.5 Å².